The average molecular weight is 488 g/mol. The first-order valence-electron chi connectivity index (χ1n) is 12.4. The number of hydrogen-bond acceptors (Lipinski definition) is 5. The Morgan fingerprint density at radius 1 is 0.861 bits per heavy atom. The Hall–Kier alpha value is -4.00. The fraction of sp³-hybridized carbons (Fsp3) is 0.310. The van der Waals surface area contributed by atoms with Gasteiger partial charge in [0.2, 0.25) is 0 Å². The van der Waals surface area contributed by atoms with E-state index < -0.39 is 0 Å². The van der Waals surface area contributed by atoms with Crippen LogP contribution in [0.15, 0.2) is 78.9 Å². The Labute approximate surface area is 212 Å². The van der Waals surface area contributed by atoms with Crippen molar-refractivity contribution in [1.82, 2.24) is 14.9 Å². The number of nitrogens with zero attached hydrogens (tertiary/aromatic N) is 2. The molecule has 0 radical (unpaired) electrons. The lowest BCUT2D eigenvalue weighted by Gasteiger charge is -2.12. The number of aromatic nitrogens is 2. The summed E-state index contributed by atoms with van der Waals surface area (Å²) in [7, 11) is 1.65. The molecule has 1 amide bonds. The molecule has 7 heteroatoms. The number of fused-ring (bicyclic) bond motifs is 1. The molecular formula is C29H33N3O4. The summed E-state index contributed by atoms with van der Waals surface area (Å²) in [6.45, 7) is 2.08. The highest BCUT2D eigenvalue weighted by Crippen LogP contribution is 2.26. The molecular weight excluding hydrogens is 454 g/mol. The summed E-state index contributed by atoms with van der Waals surface area (Å²) in [5.41, 5.74) is 2.14. The summed E-state index contributed by atoms with van der Waals surface area (Å²) in [6, 6.07) is 25.3. The second kappa shape index (κ2) is 13.2. The van der Waals surface area contributed by atoms with E-state index in [0.717, 1.165) is 60.6 Å². The highest BCUT2D eigenvalue weighted by Gasteiger charge is 2.11. The van der Waals surface area contributed by atoms with Crippen molar-refractivity contribution in [2.24, 2.45) is 0 Å². The predicted octanol–water partition coefficient (Wildman–Crippen LogP) is 5.03. The molecule has 0 aliphatic rings. The van der Waals surface area contributed by atoms with Gasteiger partial charge in [-0.1, -0.05) is 42.5 Å². The van der Waals surface area contributed by atoms with Gasteiger partial charge in [-0.2, -0.15) is 0 Å². The van der Waals surface area contributed by atoms with Crippen molar-refractivity contribution in [3.8, 4) is 17.2 Å². The first-order valence-corrected chi connectivity index (χ1v) is 12.4. The standard InChI is InChI=1S/C29H33N3O4/c1-34-26-16-7-8-17-27(26)35-21-10-9-20-32-25-15-6-5-14-24(25)31-28(32)18-11-19-30-29(33)22-36-23-12-3-2-4-13-23/h2-8,12-17H,9-11,18-22H2,1H3,(H,30,33). The maximum Gasteiger partial charge on any atom is 0.257 e. The second-order valence-corrected chi connectivity index (χ2v) is 8.43. The van der Waals surface area contributed by atoms with Gasteiger partial charge in [0.05, 0.1) is 24.8 Å². The molecule has 0 atom stereocenters. The quantitative estimate of drug-likeness (QED) is 0.253. The van der Waals surface area contributed by atoms with Gasteiger partial charge in [-0.05, 0) is 55.7 Å². The lowest BCUT2D eigenvalue weighted by atomic mass is 10.2. The van der Waals surface area contributed by atoms with Crippen LogP contribution in [0.1, 0.15) is 25.1 Å². The highest BCUT2D eigenvalue weighted by atomic mass is 16.5. The number of aryl methyl sites for hydroxylation is 2. The van der Waals surface area contributed by atoms with Gasteiger partial charge in [0, 0.05) is 19.5 Å². The van der Waals surface area contributed by atoms with E-state index in [0.29, 0.717) is 18.9 Å². The molecule has 188 valence electrons. The topological polar surface area (TPSA) is 74.6 Å². The molecule has 0 fully saturated rings. The Morgan fingerprint density at radius 3 is 2.44 bits per heavy atom. The van der Waals surface area contributed by atoms with E-state index in [1.54, 1.807) is 7.11 Å². The van der Waals surface area contributed by atoms with E-state index in [9.17, 15) is 4.79 Å². The summed E-state index contributed by atoms with van der Waals surface area (Å²) in [6.07, 6.45) is 3.47. The van der Waals surface area contributed by atoms with Crippen molar-refractivity contribution in [3.05, 3.63) is 84.7 Å². The number of unbranched alkanes of at least 4 members (excludes halogenated alkanes) is 1. The first kappa shape index (κ1) is 25.1. The van der Waals surface area contributed by atoms with Gasteiger partial charge < -0.3 is 24.1 Å². The van der Waals surface area contributed by atoms with Gasteiger partial charge in [-0.15, -0.1) is 0 Å². The average Bonchev–Trinajstić information content (AvgIpc) is 3.28. The monoisotopic (exact) mass is 487 g/mol. The van der Waals surface area contributed by atoms with Crippen molar-refractivity contribution in [2.75, 3.05) is 26.9 Å². The van der Waals surface area contributed by atoms with E-state index in [1.165, 1.54) is 0 Å². The van der Waals surface area contributed by atoms with Crippen molar-refractivity contribution in [2.45, 2.75) is 32.2 Å². The van der Waals surface area contributed by atoms with Crippen molar-refractivity contribution in [3.63, 3.8) is 0 Å². The molecule has 0 bridgehead atoms. The van der Waals surface area contributed by atoms with Gasteiger partial charge >= 0.3 is 0 Å². The minimum absolute atomic E-state index is 0.0133. The van der Waals surface area contributed by atoms with Crippen LogP contribution in [-0.4, -0.2) is 42.3 Å². The zero-order valence-electron chi connectivity index (χ0n) is 20.7. The molecule has 0 aliphatic heterocycles. The van der Waals surface area contributed by atoms with Crippen LogP contribution < -0.4 is 19.5 Å². The summed E-state index contributed by atoms with van der Waals surface area (Å²) >= 11 is 0. The number of carbonyl (C=O) groups is 1. The number of ether oxygens (including phenoxy) is 3. The molecule has 36 heavy (non-hydrogen) atoms. The Kier molecular flexibility index (Phi) is 9.19. The van der Waals surface area contributed by atoms with Crippen LogP contribution in [0.25, 0.3) is 11.0 Å². The number of carbonyl (C=O) groups excluding carboxylic acids is 1. The van der Waals surface area contributed by atoms with Gasteiger partial charge in [0.1, 0.15) is 11.6 Å². The fourth-order valence-corrected chi connectivity index (χ4v) is 4.05. The minimum Gasteiger partial charge on any atom is -0.493 e. The van der Waals surface area contributed by atoms with Crippen molar-refractivity contribution < 1.29 is 19.0 Å². The zero-order valence-corrected chi connectivity index (χ0v) is 20.7. The highest BCUT2D eigenvalue weighted by molar-refractivity contribution is 5.77. The molecule has 0 saturated carbocycles. The number of hydrogen-bond donors (Lipinski definition) is 1. The van der Waals surface area contributed by atoms with Gasteiger partial charge in [0.15, 0.2) is 18.1 Å². The molecule has 4 rings (SSSR count). The lowest BCUT2D eigenvalue weighted by Crippen LogP contribution is -2.30. The van der Waals surface area contributed by atoms with Gasteiger partial charge in [-0.25, -0.2) is 4.98 Å². The lowest BCUT2D eigenvalue weighted by molar-refractivity contribution is -0.123. The molecule has 1 heterocycles. The van der Waals surface area contributed by atoms with Crippen molar-refractivity contribution in [1.29, 1.82) is 0 Å². The Balaban J connectivity index is 1.24. The Bertz CT molecular complexity index is 1240. The van der Waals surface area contributed by atoms with Crippen LogP contribution >= 0.6 is 0 Å². The van der Waals surface area contributed by atoms with E-state index in [2.05, 4.69) is 16.0 Å². The van der Waals surface area contributed by atoms with Crippen molar-refractivity contribution >= 4 is 16.9 Å². The third-order valence-electron chi connectivity index (χ3n) is 5.85. The predicted molar refractivity (Wildman–Crippen MR) is 141 cm³/mol. The molecule has 3 aromatic carbocycles. The zero-order chi connectivity index (χ0) is 25.0. The van der Waals surface area contributed by atoms with Crippen LogP contribution in [0.5, 0.6) is 17.2 Å². The third-order valence-corrected chi connectivity index (χ3v) is 5.85. The number of methoxy groups -OCH3 is 1. The summed E-state index contributed by atoms with van der Waals surface area (Å²) in [5.74, 6) is 3.12. The maximum absolute atomic E-state index is 12.1. The fourth-order valence-electron chi connectivity index (χ4n) is 4.05. The van der Waals surface area contributed by atoms with E-state index in [4.69, 9.17) is 19.2 Å². The van der Waals surface area contributed by atoms with Crippen LogP contribution in [0.2, 0.25) is 0 Å². The number of rotatable bonds is 14. The third kappa shape index (κ3) is 7.01. The van der Waals surface area contributed by atoms with Crippen LogP contribution in [-0.2, 0) is 17.8 Å². The van der Waals surface area contributed by atoms with E-state index >= 15 is 0 Å². The summed E-state index contributed by atoms with van der Waals surface area (Å²) < 4.78 is 19.1. The SMILES string of the molecule is COc1ccccc1OCCCCn1c(CCCNC(=O)COc2ccccc2)nc2ccccc21. The van der Waals surface area contributed by atoms with E-state index in [-0.39, 0.29) is 12.5 Å². The maximum atomic E-state index is 12.1. The largest absolute Gasteiger partial charge is 0.493 e. The number of imidazole rings is 1. The van der Waals surface area contributed by atoms with Crippen LogP contribution in [0, 0.1) is 0 Å². The molecule has 0 spiro atoms. The molecule has 0 aliphatic carbocycles. The normalized spacial score (nSPS) is 10.8. The minimum atomic E-state index is -0.123. The number of amides is 1. The number of para-hydroxylation sites is 5. The first-order chi connectivity index (χ1) is 17.7. The van der Waals surface area contributed by atoms with Gasteiger partial charge in [-0.3, -0.25) is 4.79 Å². The number of nitrogens with one attached hydrogen (secondary N) is 1. The Morgan fingerprint density at radius 2 is 1.61 bits per heavy atom. The van der Waals surface area contributed by atoms with Crippen LogP contribution in [0.3, 0.4) is 0 Å². The van der Waals surface area contributed by atoms with Gasteiger partial charge in [0.25, 0.3) is 5.91 Å². The number of benzene rings is 3. The summed E-state index contributed by atoms with van der Waals surface area (Å²) in [5, 5.41) is 2.93. The molecule has 0 saturated heterocycles. The molecule has 1 aromatic heterocycles. The summed E-state index contributed by atoms with van der Waals surface area (Å²) in [4.78, 5) is 17.0. The molecule has 1 N–H and O–H groups in total. The molecule has 7 nitrogen and oxygen atoms in total. The van der Waals surface area contributed by atoms with Crippen LogP contribution in [0.4, 0.5) is 0 Å². The molecule has 4 aromatic rings. The second-order valence-electron chi connectivity index (χ2n) is 8.43. The van der Waals surface area contributed by atoms with E-state index in [1.807, 2.05) is 72.8 Å². The molecule has 0 unspecified atom stereocenters. The smallest absolute Gasteiger partial charge is 0.257 e.